The van der Waals surface area contributed by atoms with Crippen LogP contribution in [0.5, 0.6) is 0 Å². The quantitative estimate of drug-likeness (QED) is 0.557. The lowest BCUT2D eigenvalue weighted by molar-refractivity contribution is 0.417. The molecule has 1 heterocycles. The van der Waals surface area contributed by atoms with Crippen molar-refractivity contribution in [2.45, 2.75) is 26.2 Å². The van der Waals surface area contributed by atoms with Gasteiger partial charge in [0, 0.05) is 21.0 Å². The van der Waals surface area contributed by atoms with Crippen LogP contribution in [-0.2, 0) is 5.41 Å². The van der Waals surface area contributed by atoms with E-state index in [1.54, 1.807) is 0 Å². The van der Waals surface area contributed by atoms with Crippen molar-refractivity contribution < 1.29 is 4.42 Å². The fourth-order valence-electron chi connectivity index (χ4n) is 2.34. The maximum absolute atomic E-state index is 6.13. The van der Waals surface area contributed by atoms with E-state index in [0.717, 1.165) is 27.1 Å². The Labute approximate surface area is 139 Å². The van der Waals surface area contributed by atoms with Gasteiger partial charge in [-0.1, -0.05) is 67.0 Å². The Morgan fingerprint density at radius 1 is 0.864 bits per heavy atom. The van der Waals surface area contributed by atoms with Crippen molar-refractivity contribution in [1.29, 1.82) is 0 Å². The van der Waals surface area contributed by atoms with Gasteiger partial charge in [0.25, 0.3) is 0 Å². The van der Waals surface area contributed by atoms with E-state index in [1.807, 2.05) is 42.5 Å². The van der Waals surface area contributed by atoms with Crippen LogP contribution in [0.4, 0.5) is 0 Å². The van der Waals surface area contributed by atoms with E-state index in [0.29, 0.717) is 5.89 Å². The molecule has 2 aromatic carbocycles. The number of nitrogens with zero attached hydrogens (tertiary/aromatic N) is 1. The molecule has 0 fully saturated rings. The van der Waals surface area contributed by atoms with Gasteiger partial charge in [0.05, 0.1) is 0 Å². The lowest BCUT2D eigenvalue weighted by atomic mass is 9.90. The number of benzene rings is 2. The zero-order chi connectivity index (χ0) is 15.7. The zero-order valence-corrected chi connectivity index (χ0v) is 14.5. The van der Waals surface area contributed by atoms with Crippen molar-refractivity contribution in [3.8, 4) is 22.7 Å². The molecule has 0 amide bonds. The highest BCUT2D eigenvalue weighted by atomic mass is 79.9. The SMILES string of the molecule is CC(C)(C)c1oc(-c2ccc(Br)cc2)nc1-c1ccccc1. The molecular weight excluding hydrogens is 338 g/mol. The first-order valence-corrected chi connectivity index (χ1v) is 8.07. The number of hydrogen-bond donors (Lipinski definition) is 0. The highest BCUT2D eigenvalue weighted by molar-refractivity contribution is 9.10. The topological polar surface area (TPSA) is 26.0 Å². The maximum Gasteiger partial charge on any atom is 0.226 e. The molecule has 0 aliphatic rings. The highest BCUT2D eigenvalue weighted by Gasteiger charge is 2.26. The summed E-state index contributed by atoms with van der Waals surface area (Å²) < 4.78 is 7.18. The lowest BCUT2D eigenvalue weighted by Crippen LogP contribution is -2.11. The first-order chi connectivity index (χ1) is 10.4. The molecule has 0 N–H and O–H groups in total. The first-order valence-electron chi connectivity index (χ1n) is 7.28. The molecule has 22 heavy (non-hydrogen) atoms. The summed E-state index contributed by atoms with van der Waals surface area (Å²) >= 11 is 3.46. The van der Waals surface area contributed by atoms with Gasteiger partial charge < -0.3 is 4.42 Å². The third kappa shape index (κ3) is 3.00. The van der Waals surface area contributed by atoms with Gasteiger partial charge in [0.2, 0.25) is 5.89 Å². The molecule has 0 saturated carbocycles. The van der Waals surface area contributed by atoms with Gasteiger partial charge in [0.1, 0.15) is 11.5 Å². The second-order valence-corrected chi connectivity index (χ2v) is 7.24. The molecular formula is C19H18BrNO. The normalized spacial score (nSPS) is 11.6. The molecule has 0 aliphatic heterocycles. The molecule has 0 atom stereocenters. The summed E-state index contributed by atoms with van der Waals surface area (Å²) in [5, 5.41) is 0. The van der Waals surface area contributed by atoms with Crippen LogP contribution in [0.25, 0.3) is 22.7 Å². The predicted octanol–water partition coefficient (Wildman–Crippen LogP) is 6.07. The second-order valence-electron chi connectivity index (χ2n) is 6.32. The molecule has 0 bridgehead atoms. The number of hydrogen-bond acceptors (Lipinski definition) is 2. The number of rotatable bonds is 2. The molecule has 112 valence electrons. The van der Waals surface area contributed by atoms with Crippen LogP contribution in [0.2, 0.25) is 0 Å². The van der Waals surface area contributed by atoms with Gasteiger partial charge in [-0.15, -0.1) is 0 Å². The Kier molecular flexibility index (Phi) is 3.92. The first kappa shape index (κ1) is 15.0. The van der Waals surface area contributed by atoms with Crippen LogP contribution in [0.3, 0.4) is 0 Å². The van der Waals surface area contributed by atoms with Crippen molar-refractivity contribution in [2.75, 3.05) is 0 Å². The molecule has 0 saturated heterocycles. The van der Waals surface area contributed by atoms with E-state index < -0.39 is 0 Å². The van der Waals surface area contributed by atoms with E-state index in [2.05, 4.69) is 48.8 Å². The second kappa shape index (κ2) is 5.73. The minimum atomic E-state index is -0.105. The summed E-state index contributed by atoms with van der Waals surface area (Å²) in [6, 6.07) is 18.2. The van der Waals surface area contributed by atoms with Crippen molar-refractivity contribution in [3.63, 3.8) is 0 Å². The highest BCUT2D eigenvalue weighted by Crippen LogP contribution is 2.36. The van der Waals surface area contributed by atoms with E-state index in [1.165, 1.54) is 0 Å². The Morgan fingerprint density at radius 2 is 1.50 bits per heavy atom. The number of oxazole rings is 1. The fourth-order valence-corrected chi connectivity index (χ4v) is 2.60. The Morgan fingerprint density at radius 3 is 2.09 bits per heavy atom. The van der Waals surface area contributed by atoms with E-state index >= 15 is 0 Å². The monoisotopic (exact) mass is 355 g/mol. The van der Waals surface area contributed by atoms with Crippen LogP contribution in [0.15, 0.2) is 63.5 Å². The molecule has 2 nitrogen and oxygen atoms in total. The summed E-state index contributed by atoms with van der Waals surface area (Å²) in [5.74, 6) is 1.58. The summed E-state index contributed by atoms with van der Waals surface area (Å²) in [4.78, 5) is 4.76. The Bertz CT molecular complexity index is 767. The van der Waals surface area contributed by atoms with Crippen LogP contribution in [0.1, 0.15) is 26.5 Å². The van der Waals surface area contributed by atoms with Crippen LogP contribution < -0.4 is 0 Å². The van der Waals surface area contributed by atoms with E-state index in [9.17, 15) is 0 Å². The fraction of sp³-hybridized carbons (Fsp3) is 0.211. The minimum Gasteiger partial charge on any atom is -0.440 e. The average molecular weight is 356 g/mol. The molecule has 0 aliphatic carbocycles. The van der Waals surface area contributed by atoms with Crippen molar-refractivity contribution in [2.24, 2.45) is 0 Å². The minimum absolute atomic E-state index is 0.105. The third-order valence-corrected chi connectivity index (χ3v) is 3.98. The van der Waals surface area contributed by atoms with E-state index in [4.69, 9.17) is 9.40 Å². The van der Waals surface area contributed by atoms with Crippen LogP contribution >= 0.6 is 15.9 Å². The maximum atomic E-state index is 6.13. The van der Waals surface area contributed by atoms with Gasteiger partial charge in [-0.05, 0) is 24.3 Å². The smallest absolute Gasteiger partial charge is 0.226 e. The van der Waals surface area contributed by atoms with Gasteiger partial charge in [-0.2, -0.15) is 0 Å². The van der Waals surface area contributed by atoms with Gasteiger partial charge >= 0.3 is 0 Å². The van der Waals surface area contributed by atoms with Gasteiger partial charge in [0.15, 0.2) is 0 Å². The van der Waals surface area contributed by atoms with Crippen LogP contribution in [-0.4, -0.2) is 4.98 Å². The van der Waals surface area contributed by atoms with Gasteiger partial charge in [-0.3, -0.25) is 0 Å². The number of halogens is 1. The van der Waals surface area contributed by atoms with Crippen LogP contribution in [0, 0.1) is 0 Å². The Hall–Kier alpha value is -1.87. The third-order valence-electron chi connectivity index (χ3n) is 3.45. The average Bonchev–Trinajstić information content (AvgIpc) is 2.94. The van der Waals surface area contributed by atoms with Crippen molar-refractivity contribution in [3.05, 3.63) is 64.8 Å². The lowest BCUT2D eigenvalue weighted by Gasteiger charge is -2.16. The predicted molar refractivity (Wildman–Crippen MR) is 93.8 cm³/mol. The zero-order valence-electron chi connectivity index (χ0n) is 12.9. The van der Waals surface area contributed by atoms with Crippen molar-refractivity contribution >= 4 is 15.9 Å². The standard InChI is InChI=1S/C19H18BrNO/c1-19(2,3)17-16(13-7-5-4-6-8-13)21-18(22-17)14-9-11-15(20)12-10-14/h4-12H,1-3H3. The molecule has 3 aromatic rings. The summed E-state index contributed by atoms with van der Waals surface area (Å²) in [7, 11) is 0. The molecule has 0 spiro atoms. The summed E-state index contributed by atoms with van der Waals surface area (Å²) in [6.07, 6.45) is 0. The Balaban J connectivity index is 2.15. The number of aromatic nitrogens is 1. The molecule has 3 rings (SSSR count). The van der Waals surface area contributed by atoms with E-state index in [-0.39, 0.29) is 5.41 Å². The van der Waals surface area contributed by atoms with Gasteiger partial charge in [-0.25, -0.2) is 4.98 Å². The summed E-state index contributed by atoms with van der Waals surface area (Å²) in [5.41, 5.74) is 2.88. The molecule has 3 heteroatoms. The largest absolute Gasteiger partial charge is 0.440 e. The van der Waals surface area contributed by atoms with Crippen molar-refractivity contribution in [1.82, 2.24) is 4.98 Å². The molecule has 0 unspecified atom stereocenters. The summed E-state index contributed by atoms with van der Waals surface area (Å²) in [6.45, 7) is 6.43. The molecule has 1 aromatic heterocycles. The molecule has 0 radical (unpaired) electrons.